The summed E-state index contributed by atoms with van der Waals surface area (Å²) in [6.07, 6.45) is 0. The molecule has 0 spiro atoms. The van der Waals surface area contributed by atoms with Crippen LogP contribution in [0.4, 0.5) is 0 Å². The molecule has 9 nitrogen and oxygen atoms in total. The lowest BCUT2D eigenvalue weighted by atomic mass is 9.91. The third-order valence-corrected chi connectivity index (χ3v) is 26.4. The van der Waals surface area contributed by atoms with Gasteiger partial charge in [-0.1, -0.05) is 510 Å². The fourth-order valence-corrected chi connectivity index (χ4v) is 18.7. The summed E-state index contributed by atoms with van der Waals surface area (Å²) in [5.74, 6) is 5.85. The molecule has 0 aliphatic heterocycles. The van der Waals surface area contributed by atoms with E-state index in [1.807, 2.05) is 182 Å². The molecule has 25 aromatic rings. The van der Waals surface area contributed by atoms with Gasteiger partial charge in [-0.25, -0.2) is 44.9 Å². The van der Waals surface area contributed by atoms with E-state index < -0.39 is 0 Å². The molecule has 0 amide bonds. The molecule has 146 heavy (non-hydrogen) atoms. The van der Waals surface area contributed by atoms with Gasteiger partial charge in [0.05, 0.1) is 0 Å². The molecule has 0 unspecified atom stereocenters. The molecule has 0 fully saturated rings. The second-order valence-electron chi connectivity index (χ2n) is 35.9. The molecule has 0 aliphatic carbocycles. The number of hydrogen-bond acceptors (Lipinski definition) is 9. The zero-order chi connectivity index (χ0) is 97.5. The van der Waals surface area contributed by atoms with Crippen LogP contribution in [0.1, 0.15) is 0 Å². The van der Waals surface area contributed by atoms with Gasteiger partial charge in [-0.2, -0.15) is 0 Å². The minimum atomic E-state index is 0.633. The van der Waals surface area contributed by atoms with Gasteiger partial charge in [-0.15, -0.1) is 0 Å². The topological polar surface area (TPSA) is 116 Å². The van der Waals surface area contributed by atoms with Crippen molar-refractivity contribution in [3.8, 4) is 225 Å². The van der Waals surface area contributed by atoms with Gasteiger partial charge in [0.1, 0.15) is 0 Å². The molecular formula is C137H93N9. The first-order valence-corrected chi connectivity index (χ1v) is 49.1. The molecule has 0 radical (unpaired) electrons. The lowest BCUT2D eigenvalue weighted by Gasteiger charge is -2.13. The highest BCUT2D eigenvalue weighted by molar-refractivity contribution is 5.97. The Balaban J connectivity index is 0.000000121. The zero-order valence-electron chi connectivity index (χ0n) is 79.7. The Morgan fingerprint density at radius 2 is 0.247 bits per heavy atom. The highest BCUT2D eigenvalue weighted by Gasteiger charge is 2.21. The highest BCUT2D eigenvalue weighted by atomic mass is 15.1. The van der Waals surface area contributed by atoms with E-state index in [0.717, 1.165) is 106 Å². The number of benzene rings is 22. The van der Waals surface area contributed by atoms with Crippen LogP contribution in [-0.4, -0.2) is 44.9 Å². The number of hydrogen-bond donors (Lipinski definition) is 0. The van der Waals surface area contributed by atoms with Crippen LogP contribution in [0.5, 0.6) is 0 Å². The standard InChI is InChI=1S/C51H35N3.2C43H29N3/c1-5-14-36(15-6-1)38-24-28-40(29-25-38)46-33-47(41-30-26-39(27-31-41)37-16-7-2-8-17-37)35-48(34-46)44-22-13-23-45(32-44)51-53-49(42-18-9-3-10-19-42)52-50(54-51)43-20-11-4-12-21-43;1-3-13-33(14-4-1)41-44-42(34-15-5-2-6-16-34)46-43(45-41)38-21-10-20-37(29-38)36-19-9-18-35(28-36)30-24-26-32(27-25-30)40-23-11-17-31-12-7-8-22-39(31)40;1-3-12-33(13-4-1)41-44-42(34-14-5-2-6-15-34)46-43(45-41)40-20-10-19-38(29-40)37-18-9-17-36(27-37)31-21-23-32(24-22-31)39-26-25-30-11-7-8-16-35(30)28-39/h1-35H;2*1-29H. The highest BCUT2D eigenvalue weighted by Crippen LogP contribution is 2.41. The minimum absolute atomic E-state index is 0.633. The van der Waals surface area contributed by atoms with E-state index >= 15 is 0 Å². The summed E-state index contributed by atoms with van der Waals surface area (Å²) in [5, 5.41) is 5.03. The SMILES string of the molecule is c1ccc(-c2ccc(-c3cc(-c4ccc(-c5ccccc5)cc4)cc(-c4cccc(-c5nc(-c6ccccc6)nc(-c6ccccc6)n5)c4)c3)cc2)cc1.c1ccc(-c2nc(-c3ccccc3)nc(-c3cccc(-c4cccc(-c5ccc(-c6ccc7ccccc7c6)cc5)c4)c3)n2)cc1.c1ccc(-c2nc(-c3ccccc3)nc(-c3cccc(-c4cccc(-c5ccc(-c6cccc7ccccc67)cc5)c4)c3)n2)cc1. The molecule has 0 aliphatic rings. The van der Waals surface area contributed by atoms with Crippen molar-refractivity contribution in [2.45, 2.75) is 0 Å². The van der Waals surface area contributed by atoms with Crippen molar-refractivity contribution < 1.29 is 0 Å². The third-order valence-electron chi connectivity index (χ3n) is 26.4. The molecule has 0 atom stereocenters. The summed E-state index contributed by atoms with van der Waals surface area (Å²) < 4.78 is 0. The van der Waals surface area contributed by atoms with E-state index in [2.05, 4.69) is 382 Å². The number of fused-ring (bicyclic) bond motifs is 2. The largest absolute Gasteiger partial charge is 0.208 e. The van der Waals surface area contributed by atoms with Gasteiger partial charge in [0, 0.05) is 50.1 Å². The monoisotopic (exact) mass is 1860 g/mol. The maximum Gasteiger partial charge on any atom is 0.164 e. The van der Waals surface area contributed by atoms with Crippen LogP contribution >= 0.6 is 0 Å². The molecule has 686 valence electrons. The van der Waals surface area contributed by atoms with E-state index in [0.29, 0.717) is 52.4 Å². The Hall–Kier alpha value is -19.6. The average Bonchev–Trinajstić information content (AvgIpc) is 0.753. The molecule has 0 bridgehead atoms. The van der Waals surface area contributed by atoms with Crippen LogP contribution in [-0.2, 0) is 0 Å². The number of nitrogens with zero attached hydrogens (tertiary/aromatic N) is 9. The molecular weight excluding hydrogens is 1770 g/mol. The molecule has 9 heteroatoms. The summed E-state index contributed by atoms with van der Waals surface area (Å²) in [7, 11) is 0. The first-order chi connectivity index (χ1) is 72.3. The Labute approximate surface area is 849 Å². The van der Waals surface area contributed by atoms with Crippen molar-refractivity contribution in [1.29, 1.82) is 0 Å². The van der Waals surface area contributed by atoms with Crippen LogP contribution in [0.3, 0.4) is 0 Å². The molecule has 0 saturated carbocycles. The van der Waals surface area contributed by atoms with Crippen LogP contribution in [0.2, 0.25) is 0 Å². The van der Waals surface area contributed by atoms with E-state index in [9.17, 15) is 0 Å². The van der Waals surface area contributed by atoms with Crippen LogP contribution in [0, 0.1) is 0 Å². The van der Waals surface area contributed by atoms with Gasteiger partial charge in [0.2, 0.25) is 0 Å². The van der Waals surface area contributed by atoms with Gasteiger partial charge in [0.15, 0.2) is 52.4 Å². The Morgan fingerprint density at radius 3 is 0.555 bits per heavy atom. The fourth-order valence-electron chi connectivity index (χ4n) is 18.7. The summed E-state index contributed by atoms with van der Waals surface area (Å²) in [5.41, 5.74) is 34.2. The van der Waals surface area contributed by atoms with Crippen molar-refractivity contribution in [2.24, 2.45) is 0 Å². The first-order valence-electron chi connectivity index (χ1n) is 49.1. The maximum atomic E-state index is 5.01. The molecule has 22 aromatic carbocycles. The second kappa shape index (κ2) is 42.2. The van der Waals surface area contributed by atoms with Crippen molar-refractivity contribution in [3.63, 3.8) is 0 Å². The Bertz CT molecular complexity index is 8610. The van der Waals surface area contributed by atoms with E-state index in [1.54, 1.807) is 0 Å². The van der Waals surface area contributed by atoms with Crippen molar-refractivity contribution >= 4 is 21.5 Å². The van der Waals surface area contributed by atoms with Crippen molar-refractivity contribution in [1.82, 2.24) is 44.9 Å². The quantitative estimate of drug-likeness (QED) is 0.0735. The smallest absolute Gasteiger partial charge is 0.164 e. The number of rotatable bonds is 20. The fraction of sp³-hybridized carbons (Fsp3) is 0. The molecule has 0 N–H and O–H groups in total. The Morgan fingerprint density at radius 1 is 0.0822 bits per heavy atom. The van der Waals surface area contributed by atoms with Crippen LogP contribution < -0.4 is 0 Å². The average molecular weight is 1870 g/mol. The van der Waals surface area contributed by atoms with Crippen molar-refractivity contribution in [2.75, 3.05) is 0 Å². The van der Waals surface area contributed by atoms with Gasteiger partial charge < -0.3 is 0 Å². The van der Waals surface area contributed by atoms with E-state index in [4.69, 9.17) is 44.9 Å². The lowest BCUT2D eigenvalue weighted by molar-refractivity contribution is 1.07. The molecule has 0 saturated heterocycles. The number of aromatic nitrogens is 9. The summed E-state index contributed by atoms with van der Waals surface area (Å²) in [6.45, 7) is 0. The van der Waals surface area contributed by atoms with Crippen LogP contribution in [0.15, 0.2) is 564 Å². The van der Waals surface area contributed by atoms with E-state index in [-0.39, 0.29) is 0 Å². The summed E-state index contributed by atoms with van der Waals surface area (Å²) in [6, 6.07) is 197. The predicted molar refractivity (Wildman–Crippen MR) is 603 cm³/mol. The lowest BCUT2D eigenvalue weighted by Crippen LogP contribution is -2.00. The molecule has 3 aromatic heterocycles. The van der Waals surface area contributed by atoms with Crippen molar-refractivity contribution in [3.05, 3.63) is 564 Å². The van der Waals surface area contributed by atoms with E-state index in [1.165, 1.54) is 88.3 Å². The van der Waals surface area contributed by atoms with Gasteiger partial charge in [0.25, 0.3) is 0 Å². The Kier molecular flexibility index (Phi) is 26.1. The minimum Gasteiger partial charge on any atom is -0.208 e. The summed E-state index contributed by atoms with van der Waals surface area (Å²) in [4.78, 5) is 44.3. The van der Waals surface area contributed by atoms with Gasteiger partial charge >= 0.3 is 0 Å². The normalized spacial score (nSPS) is 11.0. The van der Waals surface area contributed by atoms with Crippen LogP contribution in [0.25, 0.3) is 246 Å². The van der Waals surface area contributed by atoms with Gasteiger partial charge in [-0.05, 0) is 199 Å². The predicted octanol–water partition coefficient (Wildman–Crippen LogP) is 35.3. The van der Waals surface area contributed by atoms with Gasteiger partial charge in [-0.3, -0.25) is 0 Å². The first kappa shape index (κ1) is 90.2. The summed E-state index contributed by atoms with van der Waals surface area (Å²) >= 11 is 0. The molecule has 3 heterocycles. The zero-order valence-corrected chi connectivity index (χ0v) is 79.7. The maximum absolute atomic E-state index is 5.01. The second-order valence-corrected chi connectivity index (χ2v) is 35.9. The molecule has 25 rings (SSSR count). The third kappa shape index (κ3) is 20.6.